The molecule has 0 fully saturated rings. The topological polar surface area (TPSA) is 104 Å². The molecule has 7 nitrogen and oxygen atoms in total. The summed E-state index contributed by atoms with van der Waals surface area (Å²) in [6, 6.07) is 9.28. The van der Waals surface area contributed by atoms with E-state index in [1.54, 1.807) is 13.1 Å². The molecule has 2 aromatic heterocycles. The highest BCUT2D eigenvalue weighted by Gasteiger charge is 2.39. The molecule has 3 heterocycles. The Balaban J connectivity index is 1.90. The van der Waals surface area contributed by atoms with Gasteiger partial charge in [-0.1, -0.05) is 25.4 Å². The van der Waals surface area contributed by atoms with Crippen LogP contribution in [-0.2, 0) is 14.3 Å². The number of amides is 1. The lowest BCUT2D eigenvalue weighted by molar-refractivity contribution is -0.138. The Bertz CT molecular complexity index is 1400. The van der Waals surface area contributed by atoms with Gasteiger partial charge in [-0.3, -0.25) is 4.79 Å². The lowest BCUT2D eigenvalue weighted by Crippen LogP contribution is -2.37. The lowest BCUT2D eigenvalue weighted by Gasteiger charge is -2.32. The number of rotatable bonds is 9. The fraction of sp³-hybridized carbons (Fsp3) is 0.296. The van der Waals surface area contributed by atoms with E-state index in [-0.39, 0.29) is 36.1 Å². The number of benzene rings is 1. The first kappa shape index (κ1) is 26.6. The summed E-state index contributed by atoms with van der Waals surface area (Å²) in [5.74, 6) is -1.82. The summed E-state index contributed by atoms with van der Waals surface area (Å²) in [6.07, 6.45) is 2.11. The SMILES string of the molecule is CCOC(=O)C1=C(COc2ccc(F)cc2)NC(CC(C)C)=C(C(N)=O)C1c1cc2ccnc(Cl)c2s1. The van der Waals surface area contributed by atoms with Crippen LogP contribution in [0.2, 0.25) is 5.15 Å². The van der Waals surface area contributed by atoms with E-state index in [1.807, 2.05) is 26.0 Å². The molecular formula is C27H27ClFN3O4S. The van der Waals surface area contributed by atoms with Crippen LogP contribution in [0.15, 0.2) is 65.1 Å². The van der Waals surface area contributed by atoms with Crippen molar-refractivity contribution in [2.75, 3.05) is 13.2 Å². The second kappa shape index (κ2) is 11.3. The fourth-order valence-corrected chi connectivity index (χ4v) is 5.74. The largest absolute Gasteiger partial charge is 0.487 e. The van der Waals surface area contributed by atoms with Gasteiger partial charge in [0.25, 0.3) is 0 Å². The maximum absolute atomic E-state index is 13.4. The van der Waals surface area contributed by atoms with Crippen LogP contribution >= 0.6 is 22.9 Å². The van der Waals surface area contributed by atoms with E-state index >= 15 is 0 Å². The molecule has 0 spiro atoms. The third-order valence-corrected chi connectivity index (χ3v) is 7.41. The predicted octanol–water partition coefficient (Wildman–Crippen LogP) is 5.46. The van der Waals surface area contributed by atoms with Crippen LogP contribution in [0.3, 0.4) is 0 Å². The Labute approximate surface area is 223 Å². The van der Waals surface area contributed by atoms with E-state index in [2.05, 4.69) is 10.3 Å². The quantitative estimate of drug-likeness (QED) is 0.274. The molecule has 0 aliphatic carbocycles. The number of thiophene rings is 1. The number of allylic oxidation sites excluding steroid dienone is 1. The lowest BCUT2D eigenvalue weighted by atomic mass is 9.82. The van der Waals surface area contributed by atoms with Crippen LogP contribution in [-0.4, -0.2) is 30.1 Å². The molecule has 3 N–H and O–H groups in total. The highest BCUT2D eigenvalue weighted by atomic mass is 35.5. The highest BCUT2D eigenvalue weighted by molar-refractivity contribution is 7.19. The van der Waals surface area contributed by atoms with E-state index in [4.69, 9.17) is 26.8 Å². The van der Waals surface area contributed by atoms with Gasteiger partial charge in [0.05, 0.1) is 28.5 Å². The number of carbonyl (C=O) groups is 2. The second-order valence-electron chi connectivity index (χ2n) is 8.94. The van der Waals surface area contributed by atoms with Crippen molar-refractivity contribution >= 4 is 44.9 Å². The number of pyridine rings is 1. The zero-order valence-corrected chi connectivity index (χ0v) is 22.2. The van der Waals surface area contributed by atoms with Crippen LogP contribution in [0, 0.1) is 11.7 Å². The number of fused-ring (bicyclic) bond motifs is 1. The summed E-state index contributed by atoms with van der Waals surface area (Å²) < 4.78 is 25.4. The van der Waals surface area contributed by atoms with E-state index < -0.39 is 17.8 Å². The normalized spacial score (nSPS) is 15.8. The molecule has 37 heavy (non-hydrogen) atoms. The molecule has 1 aromatic carbocycles. The average molecular weight is 544 g/mol. The Hall–Kier alpha value is -3.43. The van der Waals surface area contributed by atoms with Crippen LogP contribution in [0.1, 0.15) is 38.0 Å². The minimum Gasteiger partial charge on any atom is -0.487 e. The predicted molar refractivity (Wildman–Crippen MR) is 142 cm³/mol. The first-order valence-electron chi connectivity index (χ1n) is 11.8. The number of hydrogen-bond donors (Lipinski definition) is 2. The van der Waals surface area contributed by atoms with Gasteiger partial charge in [0.1, 0.15) is 23.3 Å². The van der Waals surface area contributed by atoms with Crippen molar-refractivity contribution in [3.05, 3.63) is 81.0 Å². The summed E-state index contributed by atoms with van der Waals surface area (Å²) in [5, 5.41) is 4.42. The van der Waals surface area contributed by atoms with Crippen LogP contribution in [0.5, 0.6) is 5.75 Å². The average Bonchev–Trinajstić information content (AvgIpc) is 3.28. The van der Waals surface area contributed by atoms with E-state index in [0.717, 1.165) is 10.1 Å². The van der Waals surface area contributed by atoms with Gasteiger partial charge in [0.2, 0.25) is 5.91 Å². The Morgan fingerprint density at radius 1 is 1.19 bits per heavy atom. The van der Waals surface area contributed by atoms with Crippen molar-refractivity contribution in [2.45, 2.75) is 33.1 Å². The highest BCUT2D eigenvalue weighted by Crippen LogP contribution is 2.45. The third-order valence-electron chi connectivity index (χ3n) is 5.79. The van der Waals surface area contributed by atoms with Crippen LogP contribution in [0.4, 0.5) is 4.39 Å². The molecule has 1 amide bonds. The van der Waals surface area contributed by atoms with E-state index in [9.17, 15) is 14.0 Å². The summed E-state index contributed by atoms with van der Waals surface area (Å²) in [7, 11) is 0. The molecule has 1 unspecified atom stereocenters. The van der Waals surface area contributed by atoms with Crippen LogP contribution in [0.25, 0.3) is 10.1 Å². The number of dihydropyridines is 1. The molecule has 1 atom stereocenters. The van der Waals surface area contributed by atoms with Gasteiger partial charge in [-0.05, 0) is 61.0 Å². The Morgan fingerprint density at radius 2 is 1.92 bits per heavy atom. The number of aromatic nitrogens is 1. The van der Waals surface area contributed by atoms with E-state index in [0.29, 0.717) is 33.6 Å². The van der Waals surface area contributed by atoms with Crippen molar-refractivity contribution in [2.24, 2.45) is 11.7 Å². The summed E-state index contributed by atoms with van der Waals surface area (Å²) in [5.41, 5.74) is 7.50. The van der Waals surface area contributed by atoms with Gasteiger partial charge < -0.3 is 20.5 Å². The third kappa shape index (κ3) is 5.78. The molecular weight excluding hydrogens is 517 g/mol. The Morgan fingerprint density at radius 3 is 2.54 bits per heavy atom. The molecule has 0 saturated carbocycles. The van der Waals surface area contributed by atoms with Gasteiger partial charge in [0.15, 0.2) is 0 Å². The number of halogens is 2. The molecule has 0 saturated heterocycles. The molecule has 3 aromatic rings. The van der Waals surface area contributed by atoms with Gasteiger partial charge in [-0.25, -0.2) is 14.2 Å². The number of primary amides is 1. The molecule has 1 aliphatic rings. The number of nitrogens with two attached hydrogens (primary N) is 1. The molecule has 10 heteroatoms. The standard InChI is InChI=1S/C27H27ClFN3O4S/c1-4-35-27(34)22-19(13-36-17-7-5-16(29)6-8-17)32-18(11-14(2)3)21(26(30)33)23(22)20-12-15-9-10-31-25(28)24(15)37-20/h5-10,12,14,23,32H,4,11,13H2,1-3H3,(H2,30,33). The molecule has 194 valence electrons. The number of esters is 1. The summed E-state index contributed by atoms with van der Waals surface area (Å²) in [4.78, 5) is 31.1. The fourth-order valence-electron chi connectivity index (χ4n) is 4.30. The molecule has 0 bridgehead atoms. The first-order chi connectivity index (χ1) is 17.7. The molecule has 4 rings (SSSR count). The molecule has 0 radical (unpaired) electrons. The molecule has 1 aliphatic heterocycles. The van der Waals surface area contributed by atoms with Crippen molar-refractivity contribution in [1.29, 1.82) is 0 Å². The van der Waals surface area contributed by atoms with Gasteiger partial charge >= 0.3 is 5.97 Å². The number of ether oxygens (including phenoxy) is 2. The monoisotopic (exact) mass is 543 g/mol. The Kier molecular flexibility index (Phi) is 8.14. The van der Waals surface area contributed by atoms with E-state index in [1.165, 1.54) is 35.6 Å². The van der Waals surface area contributed by atoms with Crippen molar-refractivity contribution in [3.63, 3.8) is 0 Å². The van der Waals surface area contributed by atoms with Crippen molar-refractivity contribution < 1.29 is 23.5 Å². The smallest absolute Gasteiger partial charge is 0.336 e. The maximum Gasteiger partial charge on any atom is 0.336 e. The maximum atomic E-state index is 13.4. The first-order valence-corrected chi connectivity index (χ1v) is 13.0. The van der Waals surface area contributed by atoms with Crippen LogP contribution < -0.4 is 15.8 Å². The minimum absolute atomic E-state index is 0.0445. The van der Waals surface area contributed by atoms with Crippen molar-refractivity contribution in [1.82, 2.24) is 10.3 Å². The zero-order valence-electron chi connectivity index (χ0n) is 20.6. The number of hydrogen-bond acceptors (Lipinski definition) is 7. The van der Waals surface area contributed by atoms with Gasteiger partial charge in [-0.2, -0.15) is 0 Å². The summed E-state index contributed by atoms with van der Waals surface area (Å²) >= 11 is 7.69. The number of nitrogens with one attached hydrogen (secondary N) is 1. The number of carbonyl (C=O) groups excluding carboxylic acids is 2. The minimum atomic E-state index is -0.799. The summed E-state index contributed by atoms with van der Waals surface area (Å²) in [6.45, 7) is 5.84. The van der Waals surface area contributed by atoms with Crippen molar-refractivity contribution in [3.8, 4) is 5.75 Å². The van der Waals surface area contributed by atoms with Gasteiger partial charge in [0, 0.05) is 22.3 Å². The number of nitrogens with zero attached hydrogens (tertiary/aromatic N) is 1. The second-order valence-corrected chi connectivity index (χ2v) is 10.4. The van der Waals surface area contributed by atoms with Gasteiger partial charge in [-0.15, -0.1) is 11.3 Å². The zero-order chi connectivity index (χ0) is 26.7.